The molecule has 0 spiro atoms. The number of ether oxygens (including phenoxy) is 4. The van der Waals surface area contributed by atoms with Crippen molar-refractivity contribution in [1.82, 2.24) is 0 Å². The monoisotopic (exact) mass is 1450 g/mol. The van der Waals surface area contributed by atoms with Crippen LogP contribution in [0.5, 0.6) is 0 Å². The Balaban J connectivity index is 5.26. The molecule has 588 valence electrons. The van der Waals surface area contributed by atoms with Gasteiger partial charge in [0.15, 0.2) is 12.2 Å². The van der Waals surface area contributed by atoms with E-state index in [1.54, 1.807) is 0 Å². The second-order valence-electron chi connectivity index (χ2n) is 30.5. The zero-order chi connectivity index (χ0) is 73.1. The van der Waals surface area contributed by atoms with Gasteiger partial charge in [-0.3, -0.25) is 37.3 Å². The summed E-state index contributed by atoms with van der Waals surface area (Å²) in [4.78, 5) is 73.0. The van der Waals surface area contributed by atoms with E-state index in [0.29, 0.717) is 25.7 Å². The van der Waals surface area contributed by atoms with Gasteiger partial charge in [0.2, 0.25) is 0 Å². The molecule has 3 unspecified atom stereocenters. The van der Waals surface area contributed by atoms with Crippen molar-refractivity contribution in [3.05, 3.63) is 0 Å². The van der Waals surface area contributed by atoms with E-state index in [-0.39, 0.29) is 25.7 Å². The molecule has 0 fully saturated rings. The first-order chi connectivity index (χ1) is 47.6. The van der Waals surface area contributed by atoms with Crippen molar-refractivity contribution in [3.63, 3.8) is 0 Å². The molecule has 0 amide bonds. The van der Waals surface area contributed by atoms with Gasteiger partial charge in [-0.05, 0) is 49.4 Å². The largest absolute Gasteiger partial charge is 0.472 e. The quantitative estimate of drug-likeness (QED) is 0.0222. The highest BCUT2D eigenvalue weighted by molar-refractivity contribution is 7.47. The highest BCUT2D eigenvalue weighted by atomic mass is 31.2. The molecule has 0 aliphatic heterocycles. The highest BCUT2D eigenvalue weighted by Crippen LogP contribution is 2.45. The summed E-state index contributed by atoms with van der Waals surface area (Å²) >= 11 is 0. The molecule has 99 heavy (non-hydrogen) atoms. The molecule has 0 radical (unpaired) electrons. The standard InChI is InChI=1S/C80H156O17P2/c1-9-73(8)59-51-43-35-27-21-22-30-39-47-55-63-80(85)97-76(67-91-78(83)61-53-45-37-31-23-26-34-42-50-58-72(6)7)69-95-99(88,89)93-65-74(81)64-92-98(86,87)94-68-75(66-90-77(82)60-52-44-36-28-20-16-18-25-33-41-49-57-71(4)5)96-79(84)62-54-46-38-29-19-15-13-11-10-12-14-17-24-32-40-48-56-70(2)3/h70-76,81H,9-69H2,1-8H3,(H,86,87)(H,88,89)/t73?,74-,75-,76-/m1/s1. The first kappa shape index (κ1) is 97.1. The number of unbranched alkanes of at least 4 members (excludes halogenated alkanes) is 42. The Hall–Kier alpha value is -1.94. The van der Waals surface area contributed by atoms with Gasteiger partial charge in [-0.1, -0.05) is 357 Å². The van der Waals surface area contributed by atoms with Crippen molar-refractivity contribution in [1.29, 1.82) is 0 Å². The van der Waals surface area contributed by atoms with Crippen molar-refractivity contribution in [2.45, 2.75) is 427 Å². The summed E-state index contributed by atoms with van der Waals surface area (Å²) in [5.41, 5.74) is 0. The van der Waals surface area contributed by atoms with E-state index in [9.17, 15) is 43.2 Å². The number of esters is 4. The van der Waals surface area contributed by atoms with E-state index in [1.807, 2.05) is 0 Å². The molecule has 0 heterocycles. The lowest BCUT2D eigenvalue weighted by Gasteiger charge is -2.21. The van der Waals surface area contributed by atoms with Crippen LogP contribution >= 0.6 is 15.6 Å². The van der Waals surface area contributed by atoms with Crippen molar-refractivity contribution in [2.75, 3.05) is 39.6 Å². The van der Waals surface area contributed by atoms with Crippen molar-refractivity contribution in [3.8, 4) is 0 Å². The van der Waals surface area contributed by atoms with Crippen LogP contribution in [0.4, 0.5) is 0 Å². The van der Waals surface area contributed by atoms with Gasteiger partial charge in [0.1, 0.15) is 19.3 Å². The SMILES string of the molecule is CCC(C)CCCCCCCCCCCCC(=O)O[C@H](COC(=O)CCCCCCCCCCCC(C)C)COP(=O)(O)OC[C@H](O)COP(=O)(O)OC[C@@H](COC(=O)CCCCCCCCCCCCCC(C)C)OC(=O)CCCCCCCCCCCCCCCCCCC(C)C. The maximum atomic E-state index is 13.1. The predicted octanol–water partition coefficient (Wildman–Crippen LogP) is 23.6. The fraction of sp³-hybridized carbons (Fsp3) is 0.950. The molecule has 0 aromatic carbocycles. The first-order valence-corrected chi connectivity index (χ1v) is 44.2. The minimum atomic E-state index is -4.96. The molecule has 3 N–H and O–H groups in total. The van der Waals surface area contributed by atoms with Gasteiger partial charge in [-0.15, -0.1) is 0 Å². The lowest BCUT2D eigenvalue weighted by molar-refractivity contribution is -0.161. The van der Waals surface area contributed by atoms with Crippen LogP contribution in [0, 0.1) is 23.7 Å². The predicted molar refractivity (Wildman–Crippen MR) is 404 cm³/mol. The van der Waals surface area contributed by atoms with Gasteiger partial charge in [0.05, 0.1) is 26.4 Å². The van der Waals surface area contributed by atoms with Gasteiger partial charge in [-0.25, -0.2) is 9.13 Å². The van der Waals surface area contributed by atoms with Crippen LogP contribution in [0.2, 0.25) is 0 Å². The number of aliphatic hydroxyl groups excluding tert-OH is 1. The Labute approximate surface area is 607 Å². The average Bonchev–Trinajstić information content (AvgIpc) is 1.30. The van der Waals surface area contributed by atoms with E-state index in [0.717, 1.165) is 114 Å². The van der Waals surface area contributed by atoms with E-state index in [4.69, 9.17) is 37.0 Å². The highest BCUT2D eigenvalue weighted by Gasteiger charge is 2.30. The van der Waals surface area contributed by atoms with Gasteiger partial charge >= 0.3 is 39.5 Å². The molecule has 17 nitrogen and oxygen atoms in total. The van der Waals surface area contributed by atoms with Gasteiger partial charge in [0.25, 0.3) is 0 Å². The Morgan fingerprint density at radius 1 is 0.283 bits per heavy atom. The smallest absolute Gasteiger partial charge is 0.462 e. The van der Waals surface area contributed by atoms with E-state index >= 15 is 0 Å². The normalized spacial score (nSPS) is 14.3. The van der Waals surface area contributed by atoms with Crippen LogP contribution in [0.3, 0.4) is 0 Å². The summed E-state index contributed by atoms with van der Waals surface area (Å²) in [5, 5.41) is 10.6. The second-order valence-corrected chi connectivity index (χ2v) is 33.4. The average molecular weight is 1450 g/mol. The Bertz CT molecular complexity index is 1940. The summed E-state index contributed by atoms with van der Waals surface area (Å²) in [6, 6.07) is 0. The van der Waals surface area contributed by atoms with E-state index in [1.165, 1.54) is 212 Å². The van der Waals surface area contributed by atoms with Crippen LogP contribution < -0.4 is 0 Å². The summed E-state index contributed by atoms with van der Waals surface area (Å²) in [5.74, 6) is 1.01. The second kappa shape index (κ2) is 69.1. The number of phosphoric ester groups is 2. The zero-order valence-corrected chi connectivity index (χ0v) is 66.9. The minimum Gasteiger partial charge on any atom is -0.462 e. The number of aliphatic hydroxyl groups is 1. The maximum absolute atomic E-state index is 13.1. The molecule has 6 atom stereocenters. The fourth-order valence-electron chi connectivity index (χ4n) is 12.2. The number of carbonyl (C=O) groups is 4. The zero-order valence-electron chi connectivity index (χ0n) is 65.1. The number of rotatable bonds is 77. The maximum Gasteiger partial charge on any atom is 0.472 e. The lowest BCUT2D eigenvalue weighted by atomic mass is 9.99. The molecule has 0 rings (SSSR count). The molecular weight excluding hydrogens is 1290 g/mol. The van der Waals surface area contributed by atoms with Crippen LogP contribution in [0.1, 0.15) is 409 Å². The Morgan fingerprint density at radius 3 is 0.717 bits per heavy atom. The Kier molecular flexibility index (Phi) is 67.8. The number of carbonyl (C=O) groups excluding carboxylic acids is 4. The molecule has 0 aliphatic carbocycles. The summed E-state index contributed by atoms with van der Waals surface area (Å²) in [6.45, 7) is 14.3. The molecule has 0 saturated heterocycles. The number of hydrogen-bond acceptors (Lipinski definition) is 15. The molecule has 0 aliphatic rings. The fourth-order valence-corrected chi connectivity index (χ4v) is 13.8. The Morgan fingerprint density at radius 2 is 0.485 bits per heavy atom. The number of phosphoric acid groups is 2. The van der Waals surface area contributed by atoms with Crippen molar-refractivity contribution >= 4 is 39.5 Å². The number of hydrogen-bond donors (Lipinski definition) is 3. The minimum absolute atomic E-state index is 0.106. The van der Waals surface area contributed by atoms with Crippen LogP contribution in [-0.2, 0) is 65.4 Å². The summed E-state index contributed by atoms with van der Waals surface area (Å²) in [7, 11) is -9.92. The molecule has 0 aromatic rings. The van der Waals surface area contributed by atoms with E-state index in [2.05, 4.69) is 55.4 Å². The van der Waals surface area contributed by atoms with Crippen LogP contribution in [-0.4, -0.2) is 96.7 Å². The third-order valence-corrected chi connectivity index (χ3v) is 20.8. The van der Waals surface area contributed by atoms with Gasteiger partial charge in [-0.2, -0.15) is 0 Å². The topological polar surface area (TPSA) is 237 Å². The van der Waals surface area contributed by atoms with Crippen LogP contribution in [0.25, 0.3) is 0 Å². The van der Waals surface area contributed by atoms with E-state index < -0.39 is 97.5 Å². The summed E-state index contributed by atoms with van der Waals surface area (Å²) < 4.78 is 68.7. The van der Waals surface area contributed by atoms with Crippen molar-refractivity contribution in [2.24, 2.45) is 23.7 Å². The van der Waals surface area contributed by atoms with Gasteiger partial charge < -0.3 is 33.8 Å². The molecule has 19 heteroatoms. The molecule has 0 saturated carbocycles. The van der Waals surface area contributed by atoms with Gasteiger partial charge in [0, 0.05) is 25.7 Å². The van der Waals surface area contributed by atoms with Crippen molar-refractivity contribution < 1.29 is 80.2 Å². The van der Waals surface area contributed by atoms with Crippen LogP contribution in [0.15, 0.2) is 0 Å². The lowest BCUT2D eigenvalue weighted by Crippen LogP contribution is -2.30. The third kappa shape index (κ3) is 72.8. The molecular formula is C80H156O17P2. The molecule has 0 aromatic heterocycles. The molecule has 0 bridgehead atoms. The third-order valence-electron chi connectivity index (χ3n) is 18.9. The summed E-state index contributed by atoms with van der Waals surface area (Å²) in [6.07, 6.45) is 55.4. The first-order valence-electron chi connectivity index (χ1n) is 41.2.